The maximum absolute atomic E-state index is 6.16. The summed E-state index contributed by atoms with van der Waals surface area (Å²) in [7, 11) is 0. The molecule has 3 rings (SSSR count). The number of hydrogen-bond donors (Lipinski definition) is 2. The number of aryl methyl sites for hydroxylation is 1. The first-order chi connectivity index (χ1) is 10.1. The normalized spacial score (nSPS) is 10.8. The Kier molecular flexibility index (Phi) is 3.90. The SMILES string of the molecule is Cc1ccc(-c2[nH]ncc2CNc2cccc(Cl)c2Cl)o1. The fourth-order valence-corrected chi connectivity index (χ4v) is 2.43. The van der Waals surface area contributed by atoms with Crippen molar-refractivity contribution in [1.29, 1.82) is 0 Å². The number of aromatic nitrogens is 2. The third-order valence-electron chi connectivity index (χ3n) is 3.13. The Balaban J connectivity index is 1.80. The van der Waals surface area contributed by atoms with Crippen molar-refractivity contribution in [2.75, 3.05) is 5.32 Å². The van der Waals surface area contributed by atoms with Crippen LogP contribution in [-0.4, -0.2) is 10.2 Å². The van der Waals surface area contributed by atoms with Gasteiger partial charge in [-0.25, -0.2) is 0 Å². The van der Waals surface area contributed by atoms with Crippen LogP contribution in [0.3, 0.4) is 0 Å². The maximum atomic E-state index is 6.16. The van der Waals surface area contributed by atoms with E-state index in [1.54, 1.807) is 12.3 Å². The molecular weight excluding hydrogens is 309 g/mol. The minimum atomic E-state index is 0.512. The third-order valence-corrected chi connectivity index (χ3v) is 3.94. The fraction of sp³-hybridized carbons (Fsp3) is 0.133. The first-order valence-electron chi connectivity index (χ1n) is 6.42. The second-order valence-corrected chi connectivity index (χ2v) is 5.42. The lowest BCUT2D eigenvalue weighted by Gasteiger charge is -2.09. The van der Waals surface area contributed by atoms with Crippen LogP contribution in [0.4, 0.5) is 5.69 Å². The van der Waals surface area contributed by atoms with Crippen LogP contribution in [0.1, 0.15) is 11.3 Å². The lowest BCUT2D eigenvalue weighted by Crippen LogP contribution is -2.00. The molecule has 0 unspecified atom stereocenters. The Bertz CT molecular complexity index is 764. The first-order valence-corrected chi connectivity index (χ1v) is 7.17. The molecule has 0 aliphatic rings. The molecule has 1 aromatic carbocycles. The minimum absolute atomic E-state index is 0.512. The molecular formula is C15H13Cl2N3O. The zero-order valence-electron chi connectivity index (χ0n) is 11.3. The van der Waals surface area contributed by atoms with Crippen molar-refractivity contribution in [3.63, 3.8) is 0 Å². The molecule has 0 amide bonds. The summed E-state index contributed by atoms with van der Waals surface area (Å²) in [6, 6.07) is 9.32. The Labute approximate surface area is 132 Å². The molecule has 2 aromatic heterocycles. The highest BCUT2D eigenvalue weighted by molar-refractivity contribution is 6.43. The number of nitrogens with one attached hydrogen (secondary N) is 2. The molecule has 108 valence electrons. The van der Waals surface area contributed by atoms with Gasteiger partial charge in [0.15, 0.2) is 5.76 Å². The molecule has 0 saturated carbocycles. The van der Waals surface area contributed by atoms with Gasteiger partial charge in [-0.2, -0.15) is 5.10 Å². The number of hydrogen-bond acceptors (Lipinski definition) is 3. The molecule has 0 saturated heterocycles. The molecule has 0 atom stereocenters. The van der Waals surface area contributed by atoms with Crippen molar-refractivity contribution in [1.82, 2.24) is 10.2 Å². The molecule has 0 aliphatic carbocycles. The number of benzene rings is 1. The van der Waals surface area contributed by atoms with Gasteiger partial charge in [0, 0.05) is 12.1 Å². The number of nitrogens with zero attached hydrogens (tertiary/aromatic N) is 1. The van der Waals surface area contributed by atoms with E-state index in [-0.39, 0.29) is 0 Å². The summed E-state index contributed by atoms with van der Waals surface area (Å²) >= 11 is 12.2. The zero-order chi connectivity index (χ0) is 14.8. The molecule has 3 aromatic rings. The fourth-order valence-electron chi connectivity index (χ4n) is 2.06. The van der Waals surface area contributed by atoms with Gasteiger partial charge in [0.25, 0.3) is 0 Å². The zero-order valence-corrected chi connectivity index (χ0v) is 12.8. The number of rotatable bonds is 4. The van der Waals surface area contributed by atoms with Crippen LogP contribution in [0.15, 0.2) is 40.9 Å². The number of aromatic amines is 1. The largest absolute Gasteiger partial charge is 0.460 e. The van der Waals surface area contributed by atoms with Crippen LogP contribution in [0, 0.1) is 6.92 Å². The highest BCUT2D eigenvalue weighted by atomic mass is 35.5. The quantitative estimate of drug-likeness (QED) is 0.718. The maximum Gasteiger partial charge on any atom is 0.152 e. The summed E-state index contributed by atoms with van der Waals surface area (Å²) in [5.74, 6) is 1.62. The second-order valence-electron chi connectivity index (χ2n) is 4.64. The van der Waals surface area contributed by atoms with E-state index in [2.05, 4.69) is 15.5 Å². The molecule has 0 radical (unpaired) electrons. The highest BCUT2D eigenvalue weighted by Gasteiger charge is 2.12. The molecule has 2 N–H and O–H groups in total. The average molecular weight is 322 g/mol. The molecule has 4 nitrogen and oxygen atoms in total. The van der Waals surface area contributed by atoms with Crippen molar-refractivity contribution in [2.24, 2.45) is 0 Å². The topological polar surface area (TPSA) is 53.9 Å². The summed E-state index contributed by atoms with van der Waals surface area (Å²) in [5.41, 5.74) is 2.63. The van der Waals surface area contributed by atoms with E-state index in [1.165, 1.54) is 0 Å². The van der Waals surface area contributed by atoms with Crippen molar-refractivity contribution in [2.45, 2.75) is 13.5 Å². The van der Waals surface area contributed by atoms with Gasteiger partial charge >= 0.3 is 0 Å². The smallest absolute Gasteiger partial charge is 0.152 e. The van der Waals surface area contributed by atoms with E-state index in [1.807, 2.05) is 31.2 Å². The predicted octanol–water partition coefficient (Wildman–Crippen LogP) is 4.90. The number of H-pyrrole nitrogens is 1. The summed E-state index contributed by atoms with van der Waals surface area (Å²) in [4.78, 5) is 0. The Morgan fingerprint density at radius 2 is 2.10 bits per heavy atom. The van der Waals surface area contributed by atoms with Gasteiger partial charge in [-0.1, -0.05) is 29.3 Å². The molecule has 0 bridgehead atoms. The van der Waals surface area contributed by atoms with Crippen molar-refractivity contribution >= 4 is 28.9 Å². The monoisotopic (exact) mass is 321 g/mol. The number of furan rings is 1. The van der Waals surface area contributed by atoms with Crippen LogP contribution < -0.4 is 5.32 Å². The Morgan fingerprint density at radius 3 is 2.86 bits per heavy atom. The summed E-state index contributed by atoms with van der Waals surface area (Å²) in [5, 5.41) is 11.3. The predicted molar refractivity (Wildman–Crippen MR) is 84.8 cm³/mol. The summed E-state index contributed by atoms with van der Waals surface area (Å²) in [6.07, 6.45) is 1.76. The van der Waals surface area contributed by atoms with E-state index < -0.39 is 0 Å². The lowest BCUT2D eigenvalue weighted by atomic mass is 10.2. The van der Waals surface area contributed by atoms with E-state index in [9.17, 15) is 0 Å². The van der Waals surface area contributed by atoms with Gasteiger partial charge in [-0.3, -0.25) is 5.10 Å². The lowest BCUT2D eigenvalue weighted by molar-refractivity contribution is 0.545. The van der Waals surface area contributed by atoms with Crippen LogP contribution in [0.5, 0.6) is 0 Å². The van der Waals surface area contributed by atoms with E-state index in [4.69, 9.17) is 27.6 Å². The number of anilines is 1. The van der Waals surface area contributed by atoms with Crippen molar-refractivity contribution < 1.29 is 4.42 Å². The average Bonchev–Trinajstić information content (AvgIpc) is 3.09. The molecule has 0 fully saturated rings. The van der Waals surface area contributed by atoms with Crippen LogP contribution in [-0.2, 0) is 6.54 Å². The highest BCUT2D eigenvalue weighted by Crippen LogP contribution is 2.30. The number of halogens is 2. The van der Waals surface area contributed by atoms with Crippen LogP contribution in [0.25, 0.3) is 11.5 Å². The molecule has 6 heteroatoms. The minimum Gasteiger partial charge on any atom is -0.460 e. The van der Waals surface area contributed by atoms with Gasteiger partial charge in [0.1, 0.15) is 11.5 Å². The standard InChI is InChI=1S/C15H13Cl2N3O/c1-9-5-6-13(21-9)15-10(8-19-20-15)7-18-12-4-2-3-11(16)14(12)17/h2-6,8,18H,7H2,1H3,(H,19,20). The van der Waals surface area contributed by atoms with Crippen molar-refractivity contribution in [3.05, 3.63) is 57.9 Å². The van der Waals surface area contributed by atoms with Gasteiger partial charge in [0.05, 0.1) is 21.9 Å². The molecule has 0 spiro atoms. The third kappa shape index (κ3) is 2.91. The van der Waals surface area contributed by atoms with Gasteiger partial charge in [-0.05, 0) is 31.2 Å². The van der Waals surface area contributed by atoms with Crippen LogP contribution in [0.2, 0.25) is 10.0 Å². The van der Waals surface area contributed by atoms with Crippen molar-refractivity contribution in [3.8, 4) is 11.5 Å². The van der Waals surface area contributed by atoms with Gasteiger partial charge in [0.2, 0.25) is 0 Å². The van der Waals surface area contributed by atoms with Crippen LogP contribution >= 0.6 is 23.2 Å². The summed E-state index contributed by atoms with van der Waals surface area (Å²) < 4.78 is 5.62. The molecule has 21 heavy (non-hydrogen) atoms. The second kappa shape index (κ2) is 5.84. The van der Waals surface area contributed by atoms with E-state index in [0.29, 0.717) is 16.6 Å². The van der Waals surface area contributed by atoms with Gasteiger partial charge < -0.3 is 9.73 Å². The molecule has 2 heterocycles. The van der Waals surface area contributed by atoms with Gasteiger partial charge in [-0.15, -0.1) is 0 Å². The first kappa shape index (κ1) is 14.0. The van der Waals surface area contributed by atoms with E-state index in [0.717, 1.165) is 28.5 Å². The Hall–Kier alpha value is -1.91. The Morgan fingerprint density at radius 1 is 1.24 bits per heavy atom. The van der Waals surface area contributed by atoms with E-state index >= 15 is 0 Å². The molecule has 0 aliphatic heterocycles. The summed E-state index contributed by atoms with van der Waals surface area (Å²) in [6.45, 7) is 2.47.